The van der Waals surface area contributed by atoms with Crippen LogP contribution in [-0.4, -0.2) is 32.1 Å². The number of esters is 1. The van der Waals surface area contributed by atoms with E-state index in [0.717, 1.165) is 5.56 Å². The zero-order chi connectivity index (χ0) is 19.8. The highest BCUT2D eigenvalue weighted by Crippen LogP contribution is 2.27. The van der Waals surface area contributed by atoms with E-state index in [9.17, 15) is 14.0 Å². The molecule has 0 N–H and O–H groups in total. The largest absolute Gasteiger partial charge is 0.459 e. The van der Waals surface area contributed by atoms with Crippen LogP contribution in [0.15, 0.2) is 36.5 Å². The fourth-order valence-corrected chi connectivity index (χ4v) is 2.78. The van der Waals surface area contributed by atoms with E-state index in [1.54, 1.807) is 39.0 Å². The zero-order valence-electron chi connectivity index (χ0n) is 15.6. The predicted molar refractivity (Wildman–Crippen MR) is 98.8 cm³/mol. The molecule has 0 fully saturated rings. The highest BCUT2D eigenvalue weighted by atomic mass is 19.1. The van der Waals surface area contributed by atoms with E-state index >= 15 is 0 Å². The van der Waals surface area contributed by atoms with Crippen molar-refractivity contribution >= 4 is 22.7 Å². The molecule has 0 spiro atoms. The number of ether oxygens (including phenoxy) is 1. The molecule has 0 atom stereocenters. The van der Waals surface area contributed by atoms with Gasteiger partial charge in [0.2, 0.25) is 5.95 Å². The number of ketones is 1. The summed E-state index contributed by atoms with van der Waals surface area (Å²) in [6.45, 7) is 6.69. The summed E-state index contributed by atoms with van der Waals surface area (Å²) in [5.74, 6) is -1.21. The minimum absolute atomic E-state index is 0.0987. The number of hydrogen-bond donors (Lipinski definition) is 0. The first kappa shape index (κ1) is 18.7. The first-order chi connectivity index (χ1) is 12.6. The summed E-state index contributed by atoms with van der Waals surface area (Å²) in [6, 6.07) is 8.27. The number of aromatic nitrogens is 3. The van der Waals surface area contributed by atoms with Gasteiger partial charge >= 0.3 is 5.97 Å². The maximum absolute atomic E-state index is 13.1. The van der Waals surface area contributed by atoms with Crippen LogP contribution >= 0.6 is 0 Å². The first-order valence-corrected chi connectivity index (χ1v) is 8.49. The molecule has 1 aromatic carbocycles. The predicted octanol–water partition coefficient (Wildman–Crippen LogP) is 3.78. The molecule has 3 aromatic rings. The van der Waals surface area contributed by atoms with E-state index in [-0.39, 0.29) is 18.0 Å². The zero-order valence-corrected chi connectivity index (χ0v) is 15.6. The van der Waals surface area contributed by atoms with Crippen LogP contribution in [0.5, 0.6) is 0 Å². The molecule has 2 heterocycles. The van der Waals surface area contributed by atoms with E-state index in [2.05, 4.69) is 10.1 Å². The molecular formula is C20H20FN3O3. The molecule has 0 bridgehead atoms. The second-order valence-electron chi connectivity index (χ2n) is 7.25. The molecule has 3 rings (SSSR count). The fourth-order valence-electron chi connectivity index (χ4n) is 2.78. The van der Waals surface area contributed by atoms with Crippen molar-refractivity contribution in [3.63, 3.8) is 0 Å². The lowest BCUT2D eigenvalue weighted by molar-refractivity contribution is -0.155. The molecule has 0 radical (unpaired) electrons. The number of carbonyl (C=O) groups excluding carboxylic acids is 2. The van der Waals surface area contributed by atoms with Crippen LogP contribution in [0.1, 0.15) is 38.2 Å². The van der Waals surface area contributed by atoms with Crippen molar-refractivity contribution in [1.82, 2.24) is 14.8 Å². The van der Waals surface area contributed by atoms with Gasteiger partial charge in [0.15, 0.2) is 5.78 Å². The highest BCUT2D eigenvalue weighted by molar-refractivity contribution is 6.06. The maximum atomic E-state index is 13.1. The van der Waals surface area contributed by atoms with E-state index in [0.29, 0.717) is 16.5 Å². The van der Waals surface area contributed by atoms with E-state index in [1.807, 2.05) is 6.07 Å². The number of pyridine rings is 1. The van der Waals surface area contributed by atoms with Crippen molar-refractivity contribution < 1.29 is 18.7 Å². The minimum atomic E-state index is -0.605. The van der Waals surface area contributed by atoms with Crippen molar-refractivity contribution in [3.8, 4) is 11.1 Å². The molecule has 27 heavy (non-hydrogen) atoms. The second-order valence-corrected chi connectivity index (χ2v) is 7.25. The van der Waals surface area contributed by atoms with Crippen LogP contribution in [-0.2, 0) is 16.1 Å². The van der Waals surface area contributed by atoms with Crippen molar-refractivity contribution in [2.24, 2.45) is 0 Å². The van der Waals surface area contributed by atoms with Gasteiger partial charge in [0, 0.05) is 24.1 Å². The Labute approximate surface area is 156 Å². The number of benzene rings is 1. The highest BCUT2D eigenvalue weighted by Gasteiger charge is 2.20. The lowest BCUT2D eigenvalue weighted by Crippen LogP contribution is -2.26. The summed E-state index contributed by atoms with van der Waals surface area (Å²) < 4.78 is 19.9. The first-order valence-electron chi connectivity index (χ1n) is 8.49. The Hall–Kier alpha value is -3.09. The number of Topliss-reactive ketones (excluding diaryl/α,β-unsaturated/α-hetero) is 1. The van der Waals surface area contributed by atoms with E-state index < -0.39 is 17.5 Å². The van der Waals surface area contributed by atoms with Crippen molar-refractivity contribution in [2.45, 2.75) is 39.8 Å². The van der Waals surface area contributed by atoms with E-state index in [1.165, 1.54) is 23.9 Å². The van der Waals surface area contributed by atoms with Gasteiger partial charge in [-0.1, -0.05) is 6.07 Å². The molecule has 0 saturated heterocycles. The van der Waals surface area contributed by atoms with Crippen LogP contribution in [0.3, 0.4) is 0 Å². The topological polar surface area (TPSA) is 74.1 Å². The molecule has 0 saturated carbocycles. The molecular weight excluding hydrogens is 349 g/mol. The average molecular weight is 369 g/mol. The number of rotatable bonds is 4. The number of carbonyl (C=O) groups is 2. The molecule has 0 amide bonds. The van der Waals surface area contributed by atoms with Gasteiger partial charge < -0.3 is 4.74 Å². The summed E-state index contributed by atoms with van der Waals surface area (Å²) in [6.07, 6.45) is 1.43. The molecule has 6 nitrogen and oxygen atoms in total. The summed E-state index contributed by atoms with van der Waals surface area (Å²) in [5, 5.41) is 4.92. The van der Waals surface area contributed by atoms with Crippen LogP contribution in [0.2, 0.25) is 0 Å². The monoisotopic (exact) mass is 369 g/mol. The summed E-state index contributed by atoms with van der Waals surface area (Å²) in [7, 11) is 0. The van der Waals surface area contributed by atoms with E-state index in [4.69, 9.17) is 4.74 Å². The summed E-state index contributed by atoms with van der Waals surface area (Å²) >= 11 is 0. The van der Waals surface area contributed by atoms with Crippen molar-refractivity contribution in [1.29, 1.82) is 0 Å². The average Bonchev–Trinajstić information content (AvgIpc) is 2.92. The van der Waals surface area contributed by atoms with Crippen LogP contribution in [0.4, 0.5) is 4.39 Å². The number of halogens is 1. The molecule has 2 aromatic heterocycles. The standard InChI is InChI=1S/C20H20FN3O3/c1-12(25)19-15-9-13(14-6-8-17(21)22-10-14)5-7-16(15)24(23-19)11-18(26)27-20(2,3)4/h5-10H,11H2,1-4H3. The summed E-state index contributed by atoms with van der Waals surface area (Å²) in [5.41, 5.74) is 1.80. The van der Waals surface area contributed by atoms with Crippen LogP contribution in [0.25, 0.3) is 22.0 Å². The lowest BCUT2D eigenvalue weighted by atomic mass is 10.0. The summed E-state index contributed by atoms with van der Waals surface area (Å²) in [4.78, 5) is 27.8. The van der Waals surface area contributed by atoms with Crippen LogP contribution < -0.4 is 0 Å². The maximum Gasteiger partial charge on any atom is 0.328 e. The molecule has 140 valence electrons. The Morgan fingerprint density at radius 2 is 1.85 bits per heavy atom. The SMILES string of the molecule is CC(=O)c1nn(CC(=O)OC(C)(C)C)c2ccc(-c3ccc(F)nc3)cc12. The van der Waals surface area contributed by atoms with Gasteiger partial charge in [-0.25, -0.2) is 4.98 Å². The number of hydrogen-bond acceptors (Lipinski definition) is 5. The third kappa shape index (κ3) is 4.19. The molecule has 0 unspecified atom stereocenters. The second kappa shape index (κ2) is 6.90. The molecule has 0 aliphatic heterocycles. The number of fused-ring (bicyclic) bond motifs is 1. The van der Waals surface area contributed by atoms with Gasteiger partial charge in [0.1, 0.15) is 17.8 Å². The quantitative estimate of drug-likeness (QED) is 0.397. The minimum Gasteiger partial charge on any atom is -0.459 e. The van der Waals surface area contributed by atoms with Gasteiger partial charge in [-0.15, -0.1) is 0 Å². The third-order valence-electron chi connectivity index (χ3n) is 3.84. The normalized spacial score (nSPS) is 11.6. The van der Waals surface area contributed by atoms with Crippen molar-refractivity contribution in [2.75, 3.05) is 0 Å². The fraction of sp³-hybridized carbons (Fsp3) is 0.300. The Balaban J connectivity index is 2.03. The Morgan fingerprint density at radius 1 is 1.15 bits per heavy atom. The number of nitrogens with zero attached hydrogens (tertiary/aromatic N) is 3. The van der Waals surface area contributed by atoms with Crippen molar-refractivity contribution in [3.05, 3.63) is 48.2 Å². The molecule has 0 aliphatic rings. The lowest BCUT2D eigenvalue weighted by Gasteiger charge is -2.19. The van der Waals surface area contributed by atoms with Gasteiger partial charge in [-0.05, 0) is 50.6 Å². The van der Waals surface area contributed by atoms with Gasteiger partial charge in [-0.3, -0.25) is 14.3 Å². The van der Waals surface area contributed by atoms with Gasteiger partial charge in [-0.2, -0.15) is 9.49 Å². The van der Waals surface area contributed by atoms with Crippen LogP contribution in [0, 0.1) is 5.95 Å². The van der Waals surface area contributed by atoms with Gasteiger partial charge in [0.05, 0.1) is 5.52 Å². The Morgan fingerprint density at radius 3 is 2.44 bits per heavy atom. The molecule has 7 heteroatoms. The smallest absolute Gasteiger partial charge is 0.328 e. The Kier molecular flexibility index (Phi) is 4.78. The Bertz CT molecular complexity index is 1020. The molecule has 0 aliphatic carbocycles. The van der Waals surface area contributed by atoms with Gasteiger partial charge in [0.25, 0.3) is 0 Å². The third-order valence-corrected chi connectivity index (χ3v) is 3.84.